The van der Waals surface area contributed by atoms with Gasteiger partial charge in [0.15, 0.2) is 0 Å². The Balaban J connectivity index is 2.72. The molecule has 1 aromatic carbocycles. The summed E-state index contributed by atoms with van der Waals surface area (Å²) in [5, 5.41) is 3.47. The lowest BCUT2D eigenvalue weighted by Gasteiger charge is -2.22. The summed E-state index contributed by atoms with van der Waals surface area (Å²) in [6, 6.07) is 4.89. The van der Waals surface area contributed by atoms with E-state index < -0.39 is 0 Å². The van der Waals surface area contributed by atoms with Crippen LogP contribution in [0.3, 0.4) is 0 Å². The Bertz CT molecular complexity index is 451. The van der Waals surface area contributed by atoms with Crippen molar-refractivity contribution in [2.45, 2.75) is 53.9 Å². The lowest BCUT2D eigenvalue weighted by atomic mass is 9.91. The van der Waals surface area contributed by atoms with Crippen LogP contribution in [-0.4, -0.2) is 0 Å². The summed E-state index contributed by atoms with van der Waals surface area (Å²) in [4.78, 5) is 0. The molecule has 112 valence electrons. The molecule has 0 bridgehead atoms. The zero-order valence-corrected chi connectivity index (χ0v) is 13.5. The van der Waals surface area contributed by atoms with E-state index in [9.17, 15) is 4.39 Å². The Morgan fingerprint density at radius 3 is 2.60 bits per heavy atom. The standard InChI is InChI=1S/C18H28FN/c1-6-8-13(3)11-14(4)17(7-2)20-18-10-9-16(19)12-15(18)5/h7,9-10,12-14,20H,6,8,11H2,1-5H3/b17-7-. The number of allylic oxidation sites excluding steroid dienone is 2. The first-order valence-corrected chi connectivity index (χ1v) is 7.67. The first-order chi connectivity index (χ1) is 9.47. The monoisotopic (exact) mass is 277 g/mol. The number of aryl methyl sites for hydroxylation is 1. The van der Waals surface area contributed by atoms with E-state index in [1.807, 2.05) is 13.0 Å². The molecule has 1 aromatic rings. The lowest BCUT2D eigenvalue weighted by Crippen LogP contribution is -2.13. The van der Waals surface area contributed by atoms with Gasteiger partial charge in [-0.2, -0.15) is 0 Å². The van der Waals surface area contributed by atoms with Gasteiger partial charge < -0.3 is 5.32 Å². The molecule has 0 aliphatic heterocycles. The normalized spacial score (nSPS) is 15.0. The molecular formula is C18H28FN. The van der Waals surface area contributed by atoms with E-state index in [4.69, 9.17) is 0 Å². The van der Waals surface area contributed by atoms with Gasteiger partial charge in [-0.05, 0) is 55.9 Å². The predicted molar refractivity (Wildman–Crippen MR) is 86.4 cm³/mol. The van der Waals surface area contributed by atoms with Crippen molar-refractivity contribution in [2.75, 3.05) is 5.32 Å². The third kappa shape index (κ3) is 4.99. The van der Waals surface area contributed by atoms with Crippen LogP contribution in [0.5, 0.6) is 0 Å². The maximum Gasteiger partial charge on any atom is 0.123 e. The summed E-state index contributed by atoms with van der Waals surface area (Å²) >= 11 is 0. The summed E-state index contributed by atoms with van der Waals surface area (Å²) < 4.78 is 13.1. The Hall–Kier alpha value is -1.31. The van der Waals surface area contributed by atoms with Gasteiger partial charge >= 0.3 is 0 Å². The second kappa shape index (κ2) is 8.08. The molecule has 0 saturated heterocycles. The van der Waals surface area contributed by atoms with Crippen LogP contribution in [0.2, 0.25) is 0 Å². The minimum Gasteiger partial charge on any atom is -0.359 e. The van der Waals surface area contributed by atoms with E-state index in [1.165, 1.54) is 31.0 Å². The van der Waals surface area contributed by atoms with Crippen molar-refractivity contribution < 1.29 is 4.39 Å². The van der Waals surface area contributed by atoms with Crippen LogP contribution in [0.25, 0.3) is 0 Å². The largest absolute Gasteiger partial charge is 0.359 e. The van der Waals surface area contributed by atoms with Crippen molar-refractivity contribution >= 4 is 5.69 Å². The van der Waals surface area contributed by atoms with E-state index in [1.54, 1.807) is 6.07 Å². The first-order valence-electron chi connectivity index (χ1n) is 7.67. The van der Waals surface area contributed by atoms with Crippen LogP contribution in [0, 0.1) is 24.6 Å². The fourth-order valence-corrected chi connectivity index (χ4v) is 2.74. The number of anilines is 1. The molecule has 1 rings (SSSR count). The zero-order chi connectivity index (χ0) is 15.1. The summed E-state index contributed by atoms with van der Waals surface area (Å²) in [6.45, 7) is 10.8. The average Bonchev–Trinajstić information content (AvgIpc) is 2.38. The second-order valence-corrected chi connectivity index (χ2v) is 5.86. The molecule has 2 heteroatoms. The van der Waals surface area contributed by atoms with Gasteiger partial charge in [0.1, 0.15) is 5.82 Å². The van der Waals surface area contributed by atoms with Gasteiger partial charge in [0, 0.05) is 11.4 Å². The van der Waals surface area contributed by atoms with Crippen LogP contribution in [0.1, 0.15) is 52.5 Å². The maximum absolute atomic E-state index is 13.1. The molecule has 0 fully saturated rings. The van der Waals surface area contributed by atoms with Crippen molar-refractivity contribution in [2.24, 2.45) is 11.8 Å². The minimum absolute atomic E-state index is 0.181. The Kier molecular flexibility index (Phi) is 6.77. The quantitative estimate of drug-likeness (QED) is 0.653. The molecule has 0 aromatic heterocycles. The molecule has 0 spiro atoms. The van der Waals surface area contributed by atoms with Gasteiger partial charge in [-0.15, -0.1) is 0 Å². The summed E-state index contributed by atoms with van der Waals surface area (Å²) in [5.41, 5.74) is 3.16. The molecule has 2 unspecified atom stereocenters. The molecule has 0 saturated carbocycles. The number of rotatable bonds is 7. The summed E-state index contributed by atoms with van der Waals surface area (Å²) in [7, 11) is 0. The van der Waals surface area contributed by atoms with Gasteiger partial charge in [0.25, 0.3) is 0 Å². The Morgan fingerprint density at radius 1 is 1.35 bits per heavy atom. The fourth-order valence-electron chi connectivity index (χ4n) is 2.74. The molecule has 0 amide bonds. The third-order valence-corrected chi connectivity index (χ3v) is 3.85. The Morgan fingerprint density at radius 2 is 2.05 bits per heavy atom. The van der Waals surface area contributed by atoms with Crippen LogP contribution in [0.15, 0.2) is 30.0 Å². The molecule has 20 heavy (non-hydrogen) atoms. The minimum atomic E-state index is -0.181. The lowest BCUT2D eigenvalue weighted by molar-refractivity contribution is 0.424. The van der Waals surface area contributed by atoms with Gasteiger partial charge in [-0.1, -0.05) is 39.7 Å². The summed E-state index contributed by atoms with van der Waals surface area (Å²) in [6.07, 6.45) is 5.83. The first kappa shape index (κ1) is 16.7. The summed E-state index contributed by atoms with van der Waals surface area (Å²) in [5.74, 6) is 1.05. The molecule has 0 radical (unpaired) electrons. The highest BCUT2D eigenvalue weighted by Gasteiger charge is 2.13. The van der Waals surface area contributed by atoms with Crippen LogP contribution >= 0.6 is 0 Å². The maximum atomic E-state index is 13.1. The van der Waals surface area contributed by atoms with E-state index in [0.29, 0.717) is 5.92 Å². The number of nitrogens with one attached hydrogen (secondary N) is 1. The fraction of sp³-hybridized carbons (Fsp3) is 0.556. The zero-order valence-electron chi connectivity index (χ0n) is 13.5. The van der Waals surface area contributed by atoms with Crippen LogP contribution in [0.4, 0.5) is 10.1 Å². The number of hydrogen-bond donors (Lipinski definition) is 1. The smallest absolute Gasteiger partial charge is 0.123 e. The Labute approximate surface area is 123 Å². The molecule has 1 nitrogen and oxygen atoms in total. The van der Waals surface area contributed by atoms with Gasteiger partial charge in [-0.3, -0.25) is 0 Å². The molecular weight excluding hydrogens is 249 g/mol. The van der Waals surface area contributed by atoms with Crippen molar-refractivity contribution in [3.05, 3.63) is 41.4 Å². The SMILES string of the molecule is C/C=C(\Nc1ccc(F)cc1C)C(C)CC(C)CCC. The highest BCUT2D eigenvalue weighted by molar-refractivity contribution is 5.54. The van der Waals surface area contributed by atoms with Crippen LogP contribution in [-0.2, 0) is 0 Å². The van der Waals surface area contributed by atoms with Gasteiger partial charge in [-0.25, -0.2) is 4.39 Å². The molecule has 0 aliphatic rings. The number of halogens is 1. The van der Waals surface area contributed by atoms with E-state index >= 15 is 0 Å². The predicted octanol–water partition coefficient (Wildman–Crippen LogP) is 5.91. The van der Waals surface area contributed by atoms with E-state index in [2.05, 4.69) is 39.1 Å². The van der Waals surface area contributed by atoms with Crippen molar-refractivity contribution in [1.29, 1.82) is 0 Å². The van der Waals surface area contributed by atoms with Crippen LogP contribution < -0.4 is 5.32 Å². The number of hydrogen-bond acceptors (Lipinski definition) is 1. The number of benzene rings is 1. The molecule has 2 atom stereocenters. The molecule has 0 aliphatic carbocycles. The highest BCUT2D eigenvalue weighted by Crippen LogP contribution is 2.25. The molecule has 1 N–H and O–H groups in total. The van der Waals surface area contributed by atoms with Crippen molar-refractivity contribution in [1.82, 2.24) is 0 Å². The van der Waals surface area contributed by atoms with E-state index in [-0.39, 0.29) is 5.82 Å². The molecule has 0 heterocycles. The topological polar surface area (TPSA) is 12.0 Å². The van der Waals surface area contributed by atoms with Gasteiger partial charge in [0.2, 0.25) is 0 Å². The van der Waals surface area contributed by atoms with Crippen molar-refractivity contribution in [3.8, 4) is 0 Å². The van der Waals surface area contributed by atoms with E-state index in [0.717, 1.165) is 17.2 Å². The highest BCUT2D eigenvalue weighted by atomic mass is 19.1. The van der Waals surface area contributed by atoms with Crippen molar-refractivity contribution in [3.63, 3.8) is 0 Å². The average molecular weight is 277 g/mol. The second-order valence-electron chi connectivity index (χ2n) is 5.86. The van der Waals surface area contributed by atoms with Gasteiger partial charge in [0.05, 0.1) is 0 Å². The third-order valence-electron chi connectivity index (χ3n) is 3.85.